The summed E-state index contributed by atoms with van der Waals surface area (Å²) in [5.41, 5.74) is -0.358. The largest absolute Gasteiger partial charge is 0.339 e. The van der Waals surface area contributed by atoms with Gasteiger partial charge in [0.25, 0.3) is 0 Å². The second-order valence-electron chi connectivity index (χ2n) is 5.89. The maximum Gasteiger partial charge on any atom is 0.225 e. The Morgan fingerprint density at radius 3 is 2.43 bits per heavy atom. The Morgan fingerprint density at radius 2 is 1.81 bits per heavy atom. The van der Waals surface area contributed by atoms with Gasteiger partial charge in [0.05, 0.1) is 24.2 Å². The van der Waals surface area contributed by atoms with Crippen molar-refractivity contribution in [3.63, 3.8) is 0 Å². The summed E-state index contributed by atoms with van der Waals surface area (Å²) < 4.78 is 38.6. The summed E-state index contributed by atoms with van der Waals surface area (Å²) in [4.78, 5) is 10.00. The third-order valence-corrected chi connectivity index (χ3v) is 5.75. The lowest BCUT2D eigenvalue weighted by Crippen LogP contribution is -2.57. The highest BCUT2D eigenvalue weighted by Gasteiger charge is 2.48. The van der Waals surface area contributed by atoms with Gasteiger partial charge in [-0.15, -0.1) is 0 Å². The van der Waals surface area contributed by atoms with Gasteiger partial charge in [0.15, 0.2) is 5.82 Å². The topological polar surface area (TPSA) is 66.4 Å². The monoisotopic (exact) mass is 314 g/mol. The number of halogens is 1. The van der Waals surface area contributed by atoms with Crippen LogP contribution in [0, 0.1) is 5.82 Å². The van der Waals surface area contributed by atoms with E-state index in [4.69, 9.17) is 0 Å². The molecule has 0 bridgehead atoms. The van der Waals surface area contributed by atoms with Crippen molar-refractivity contribution in [2.45, 2.75) is 31.2 Å². The fraction of sp³-hybridized carbons (Fsp3) is 0.692. The highest BCUT2D eigenvalue weighted by molar-refractivity contribution is 7.88. The van der Waals surface area contributed by atoms with Crippen LogP contribution in [0.3, 0.4) is 0 Å². The van der Waals surface area contributed by atoms with Gasteiger partial charge < -0.3 is 4.90 Å². The highest BCUT2D eigenvalue weighted by Crippen LogP contribution is 2.39. The number of piperidine rings is 1. The van der Waals surface area contributed by atoms with Gasteiger partial charge in [-0.25, -0.2) is 22.8 Å². The fourth-order valence-corrected chi connectivity index (χ4v) is 5.00. The van der Waals surface area contributed by atoms with Crippen molar-refractivity contribution < 1.29 is 12.8 Å². The molecule has 116 valence electrons. The first kappa shape index (κ1) is 14.6. The maximum atomic E-state index is 12.9. The average molecular weight is 314 g/mol. The molecule has 0 aromatic carbocycles. The van der Waals surface area contributed by atoms with Crippen LogP contribution < -0.4 is 4.90 Å². The number of sulfonamides is 1. The minimum absolute atomic E-state index is 0.358. The van der Waals surface area contributed by atoms with E-state index in [9.17, 15) is 12.8 Å². The summed E-state index contributed by atoms with van der Waals surface area (Å²) in [5, 5.41) is 0. The molecular weight excluding hydrogens is 295 g/mol. The minimum Gasteiger partial charge on any atom is -0.339 e. The highest BCUT2D eigenvalue weighted by atomic mass is 32.2. The van der Waals surface area contributed by atoms with Crippen LogP contribution in [0.1, 0.15) is 25.7 Å². The van der Waals surface area contributed by atoms with E-state index in [0.29, 0.717) is 19.0 Å². The first-order chi connectivity index (χ1) is 9.91. The van der Waals surface area contributed by atoms with E-state index in [-0.39, 0.29) is 5.54 Å². The van der Waals surface area contributed by atoms with Crippen molar-refractivity contribution in [2.24, 2.45) is 0 Å². The smallest absolute Gasteiger partial charge is 0.225 e. The SMILES string of the molecule is CS(=O)(=O)N1CCC[C@@]12CCCN(c1ncc(F)cn1)C2. The number of nitrogens with zero attached hydrogens (tertiary/aromatic N) is 4. The number of hydrogen-bond acceptors (Lipinski definition) is 5. The lowest BCUT2D eigenvalue weighted by atomic mass is 9.88. The van der Waals surface area contributed by atoms with E-state index in [1.165, 1.54) is 6.26 Å². The van der Waals surface area contributed by atoms with Crippen LogP contribution in [0.4, 0.5) is 10.3 Å². The zero-order chi connectivity index (χ0) is 15.1. The third-order valence-electron chi connectivity index (χ3n) is 4.38. The van der Waals surface area contributed by atoms with Gasteiger partial charge in [-0.1, -0.05) is 0 Å². The van der Waals surface area contributed by atoms with Gasteiger partial charge in [0, 0.05) is 19.6 Å². The Hall–Kier alpha value is -1.28. The molecule has 0 unspecified atom stereocenters. The van der Waals surface area contributed by atoms with Crippen LogP contribution in [0.5, 0.6) is 0 Å². The van der Waals surface area contributed by atoms with Crippen molar-refractivity contribution in [3.05, 3.63) is 18.2 Å². The van der Waals surface area contributed by atoms with Gasteiger partial charge in [0.2, 0.25) is 16.0 Å². The Balaban J connectivity index is 1.87. The summed E-state index contributed by atoms with van der Waals surface area (Å²) in [7, 11) is -3.22. The Morgan fingerprint density at radius 1 is 1.19 bits per heavy atom. The maximum absolute atomic E-state index is 12.9. The molecule has 0 radical (unpaired) electrons. The first-order valence-corrected chi connectivity index (χ1v) is 8.96. The molecule has 0 aliphatic carbocycles. The molecule has 2 aliphatic rings. The summed E-state index contributed by atoms with van der Waals surface area (Å²) in [6.45, 7) is 1.92. The molecule has 0 N–H and O–H groups in total. The van der Waals surface area contributed by atoms with E-state index in [2.05, 4.69) is 9.97 Å². The van der Waals surface area contributed by atoms with Crippen molar-refractivity contribution in [1.82, 2.24) is 14.3 Å². The second-order valence-corrected chi connectivity index (χ2v) is 7.80. The normalized spacial score (nSPS) is 27.4. The molecule has 3 heterocycles. The zero-order valence-corrected chi connectivity index (χ0v) is 12.8. The van der Waals surface area contributed by atoms with E-state index in [1.54, 1.807) is 4.31 Å². The predicted molar refractivity (Wildman–Crippen MR) is 77.0 cm³/mol. The number of hydrogen-bond donors (Lipinski definition) is 0. The second kappa shape index (κ2) is 5.17. The molecule has 1 aromatic heterocycles. The van der Waals surface area contributed by atoms with E-state index in [1.807, 2.05) is 4.90 Å². The fourth-order valence-electron chi connectivity index (χ4n) is 3.59. The van der Waals surface area contributed by atoms with Crippen LogP contribution >= 0.6 is 0 Å². The zero-order valence-electron chi connectivity index (χ0n) is 12.0. The summed E-state index contributed by atoms with van der Waals surface area (Å²) in [6.07, 6.45) is 7.04. The summed E-state index contributed by atoms with van der Waals surface area (Å²) in [5.74, 6) is -0.0000670. The van der Waals surface area contributed by atoms with Crippen molar-refractivity contribution in [2.75, 3.05) is 30.8 Å². The molecule has 2 aliphatic heterocycles. The van der Waals surface area contributed by atoms with Crippen LogP contribution in [0.2, 0.25) is 0 Å². The van der Waals surface area contributed by atoms with Crippen LogP contribution in [0.15, 0.2) is 12.4 Å². The molecule has 8 heteroatoms. The van der Waals surface area contributed by atoms with E-state index in [0.717, 1.165) is 44.6 Å². The number of aromatic nitrogens is 2. The third kappa shape index (κ3) is 2.74. The van der Waals surface area contributed by atoms with Crippen LogP contribution in [-0.4, -0.2) is 54.1 Å². The molecule has 6 nitrogen and oxygen atoms in total. The first-order valence-electron chi connectivity index (χ1n) is 7.11. The molecule has 2 fully saturated rings. The molecule has 2 saturated heterocycles. The quantitative estimate of drug-likeness (QED) is 0.815. The molecule has 1 aromatic rings. The molecule has 0 amide bonds. The van der Waals surface area contributed by atoms with Crippen LogP contribution in [0.25, 0.3) is 0 Å². The summed E-state index contributed by atoms with van der Waals surface area (Å²) in [6, 6.07) is 0. The number of rotatable bonds is 2. The standard InChI is InChI=1S/C13H19FN4O2S/c1-21(19,20)18-7-3-5-13(18)4-2-6-17(10-13)12-15-8-11(14)9-16-12/h8-9H,2-7,10H2,1H3/t13-/m1/s1. The molecular formula is C13H19FN4O2S. The predicted octanol–water partition coefficient (Wildman–Crippen LogP) is 1.01. The van der Waals surface area contributed by atoms with Crippen molar-refractivity contribution >= 4 is 16.0 Å². The molecule has 3 rings (SSSR count). The van der Waals surface area contributed by atoms with Gasteiger partial charge in [0.1, 0.15) is 0 Å². The Kier molecular flexibility index (Phi) is 3.61. The molecule has 1 atom stereocenters. The van der Waals surface area contributed by atoms with E-state index >= 15 is 0 Å². The van der Waals surface area contributed by atoms with Gasteiger partial charge in [-0.3, -0.25) is 0 Å². The molecule has 21 heavy (non-hydrogen) atoms. The Labute approximate surface area is 124 Å². The van der Waals surface area contributed by atoms with Gasteiger partial charge >= 0.3 is 0 Å². The summed E-state index contributed by atoms with van der Waals surface area (Å²) >= 11 is 0. The minimum atomic E-state index is -3.22. The Bertz CT molecular complexity index is 622. The lowest BCUT2D eigenvalue weighted by molar-refractivity contribution is 0.203. The molecule has 0 saturated carbocycles. The lowest BCUT2D eigenvalue weighted by Gasteiger charge is -2.44. The number of anilines is 1. The average Bonchev–Trinajstić information content (AvgIpc) is 2.83. The van der Waals surface area contributed by atoms with E-state index < -0.39 is 15.8 Å². The molecule has 1 spiro atoms. The van der Waals surface area contributed by atoms with Gasteiger partial charge in [-0.05, 0) is 25.7 Å². The van der Waals surface area contributed by atoms with Crippen molar-refractivity contribution in [1.29, 1.82) is 0 Å². The van der Waals surface area contributed by atoms with Crippen LogP contribution in [-0.2, 0) is 10.0 Å². The van der Waals surface area contributed by atoms with Crippen molar-refractivity contribution in [3.8, 4) is 0 Å². The van der Waals surface area contributed by atoms with Gasteiger partial charge in [-0.2, -0.15) is 4.31 Å².